The molecule has 0 aromatic heterocycles. The van der Waals surface area contributed by atoms with E-state index in [9.17, 15) is 4.79 Å². The second-order valence-electron chi connectivity index (χ2n) is 6.10. The Labute approximate surface area is 141 Å². The van der Waals surface area contributed by atoms with E-state index in [4.69, 9.17) is 21.1 Å². The summed E-state index contributed by atoms with van der Waals surface area (Å²) in [5.74, 6) is 0.794. The van der Waals surface area contributed by atoms with Crippen LogP contribution in [0.25, 0.3) is 0 Å². The SMILES string of the molecule is O=C(NC1CCOCC1)N1CCC(Oc2cccc(Cl)c2)CC1. The molecule has 1 aromatic carbocycles. The lowest BCUT2D eigenvalue weighted by molar-refractivity contribution is 0.0747. The van der Waals surface area contributed by atoms with Crippen LogP contribution in [0.4, 0.5) is 4.79 Å². The first kappa shape index (κ1) is 16.4. The molecule has 2 aliphatic rings. The third kappa shape index (κ3) is 4.75. The molecule has 5 nitrogen and oxygen atoms in total. The lowest BCUT2D eigenvalue weighted by atomic mass is 10.1. The maximum absolute atomic E-state index is 12.3. The number of rotatable bonds is 3. The minimum Gasteiger partial charge on any atom is -0.490 e. The third-order valence-electron chi connectivity index (χ3n) is 4.38. The monoisotopic (exact) mass is 338 g/mol. The lowest BCUT2D eigenvalue weighted by Gasteiger charge is -2.34. The molecule has 1 aromatic rings. The largest absolute Gasteiger partial charge is 0.490 e. The van der Waals surface area contributed by atoms with Gasteiger partial charge < -0.3 is 19.7 Å². The average Bonchev–Trinajstić information content (AvgIpc) is 2.56. The van der Waals surface area contributed by atoms with Gasteiger partial charge in [0.25, 0.3) is 0 Å². The molecule has 126 valence electrons. The number of likely N-dealkylation sites (tertiary alicyclic amines) is 1. The number of nitrogens with one attached hydrogen (secondary N) is 1. The van der Waals surface area contributed by atoms with Crippen LogP contribution in [0.5, 0.6) is 5.75 Å². The predicted molar refractivity (Wildman–Crippen MR) is 89.0 cm³/mol. The van der Waals surface area contributed by atoms with Crippen LogP contribution < -0.4 is 10.1 Å². The molecule has 0 bridgehead atoms. The van der Waals surface area contributed by atoms with Crippen LogP contribution in [0.1, 0.15) is 25.7 Å². The van der Waals surface area contributed by atoms with Gasteiger partial charge in [-0.1, -0.05) is 17.7 Å². The molecule has 0 spiro atoms. The normalized spacial score (nSPS) is 20.3. The number of carbonyl (C=O) groups is 1. The van der Waals surface area contributed by atoms with Crippen molar-refractivity contribution in [2.75, 3.05) is 26.3 Å². The van der Waals surface area contributed by atoms with E-state index in [-0.39, 0.29) is 18.2 Å². The zero-order chi connectivity index (χ0) is 16.1. The average molecular weight is 339 g/mol. The summed E-state index contributed by atoms with van der Waals surface area (Å²) in [6, 6.07) is 7.74. The highest BCUT2D eigenvalue weighted by atomic mass is 35.5. The molecule has 0 radical (unpaired) electrons. The van der Waals surface area contributed by atoms with Crippen molar-refractivity contribution in [3.8, 4) is 5.75 Å². The van der Waals surface area contributed by atoms with E-state index in [1.807, 2.05) is 29.2 Å². The highest BCUT2D eigenvalue weighted by Gasteiger charge is 2.26. The van der Waals surface area contributed by atoms with Gasteiger partial charge in [0.05, 0.1) is 0 Å². The summed E-state index contributed by atoms with van der Waals surface area (Å²) >= 11 is 5.97. The van der Waals surface area contributed by atoms with Gasteiger partial charge in [-0.25, -0.2) is 4.79 Å². The van der Waals surface area contributed by atoms with Crippen LogP contribution in [0.15, 0.2) is 24.3 Å². The number of hydrogen-bond donors (Lipinski definition) is 1. The van der Waals surface area contributed by atoms with Crippen LogP contribution >= 0.6 is 11.6 Å². The first-order valence-electron chi connectivity index (χ1n) is 8.26. The Bertz CT molecular complexity index is 526. The first-order chi connectivity index (χ1) is 11.2. The molecule has 3 rings (SSSR count). The summed E-state index contributed by atoms with van der Waals surface area (Å²) in [5, 5.41) is 3.79. The number of hydrogen-bond acceptors (Lipinski definition) is 3. The fourth-order valence-corrected chi connectivity index (χ4v) is 3.20. The number of urea groups is 1. The van der Waals surface area contributed by atoms with E-state index in [0.29, 0.717) is 5.02 Å². The maximum Gasteiger partial charge on any atom is 0.317 e. The highest BCUT2D eigenvalue weighted by molar-refractivity contribution is 6.30. The maximum atomic E-state index is 12.3. The van der Waals surface area contributed by atoms with Gasteiger partial charge in [0, 0.05) is 50.2 Å². The number of benzene rings is 1. The first-order valence-corrected chi connectivity index (χ1v) is 8.64. The van der Waals surface area contributed by atoms with E-state index < -0.39 is 0 Å². The molecule has 23 heavy (non-hydrogen) atoms. The Hall–Kier alpha value is -1.46. The lowest BCUT2D eigenvalue weighted by Crippen LogP contribution is -2.50. The number of nitrogens with zero attached hydrogens (tertiary/aromatic N) is 1. The number of ether oxygens (including phenoxy) is 2. The van der Waals surface area contributed by atoms with Crippen molar-refractivity contribution in [3.63, 3.8) is 0 Å². The zero-order valence-electron chi connectivity index (χ0n) is 13.2. The summed E-state index contributed by atoms with van der Waals surface area (Å²) in [5.41, 5.74) is 0. The fourth-order valence-electron chi connectivity index (χ4n) is 3.02. The van der Waals surface area contributed by atoms with Gasteiger partial charge in [-0.15, -0.1) is 0 Å². The topological polar surface area (TPSA) is 50.8 Å². The molecule has 2 fully saturated rings. The molecular weight excluding hydrogens is 316 g/mol. The standard InChI is InChI=1S/C17H23ClN2O3/c18-13-2-1-3-16(12-13)23-15-4-8-20(9-5-15)17(21)19-14-6-10-22-11-7-14/h1-3,12,14-15H,4-11H2,(H,19,21). The van der Waals surface area contributed by atoms with Crippen molar-refractivity contribution in [1.82, 2.24) is 10.2 Å². The van der Waals surface area contributed by atoms with E-state index >= 15 is 0 Å². The van der Waals surface area contributed by atoms with Crippen LogP contribution in [0.2, 0.25) is 5.02 Å². The number of amides is 2. The Morgan fingerprint density at radius 1 is 1.22 bits per heavy atom. The molecule has 0 aliphatic carbocycles. The molecule has 6 heteroatoms. The summed E-state index contributed by atoms with van der Waals surface area (Å²) < 4.78 is 11.3. The van der Waals surface area contributed by atoms with Gasteiger partial charge in [-0.3, -0.25) is 0 Å². The van der Waals surface area contributed by atoms with Crippen LogP contribution in [0.3, 0.4) is 0 Å². The number of carbonyl (C=O) groups excluding carboxylic acids is 1. The van der Waals surface area contributed by atoms with Crippen LogP contribution in [-0.2, 0) is 4.74 Å². The van der Waals surface area contributed by atoms with E-state index in [2.05, 4.69) is 5.32 Å². The van der Waals surface area contributed by atoms with Crippen molar-refractivity contribution >= 4 is 17.6 Å². The molecular formula is C17H23ClN2O3. The highest BCUT2D eigenvalue weighted by Crippen LogP contribution is 2.22. The minimum atomic E-state index is 0.0399. The van der Waals surface area contributed by atoms with Gasteiger partial charge >= 0.3 is 6.03 Å². The number of piperidine rings is 1. The zero-order valence-corrected chi connectivity index (χ0v) is 13.9. The summed E-state index contributed by atoms with van der Waals surface area (Å²) in [7, 11) is 0. The molecule has 2 amide bonds. The van der Waals surface area contributed by atoms with E-state index in [1.54, 1.807) is 0 Å². The Morgan fingerprint density at radius 2 is 1.96 bits per heavy atom. The predicted octanol–water partition coefficient (Wildman–Crippen LogP) is 3.07. The van der Waals surface area contributed by atoms with Gasteiger partial charge in [0.1, 0.15) is 11.9 Å². The van der Waals surface area contributed by atoms with Crippen LogP contribution in [-0.4, -0.2) is 49.4 Å². The van der Waals surface area contributed by atoms with Crippen molar-refractivity contribution in [1.29, 1.82) is 0 Å². The summed E-state index contributed by atoms with van der Waals surface area (Å²) in [4.78, 5) is 14.2. The van der Waals surface area contributed by atoms with Crippen molar-refractivity contribution in [3.05, 3.63) is 29.3 Å². The second-order valence-corrected chi connectivity index (χ2v) is 6.53. The van der Waals surface area contributed by atoms with E-state index in [1.165, 1.54) is 0 Å². The molecule has 0 unspecified atom stereocenters. The Kier molecular flexibility index (Phi) is 5.62. The Balaban J connectivity index is 1.43. The van der Waals surface area contributed by atoms with Gasteiger partial charge in [0.2, 0.25) is 0 Å². The van der Waals surface area contributed by atoms with Crippen LogP contribution in [0, 0.1) is 0 Å². The second kappa shape index (κ2) is 7.88. The molecule has 1 N–H and O–H groups in total. The summed E-state index contributed by atoms with van der Waals surface area (Å²) in [6.45, 7) is 2.92. The molecule has 0 atom stereocenters. The quantitative estimate of drug-likeness (QED) is 0.921. The van der Waals surface area contributed by atoms with Crippen molar-refractivity contribution in [2.24, 2.45) is 0 Å². The Morgan fingerprint density at radius 3 is 2.65 bits per heavy atom. The molecule has 2 saturated heterocycles. The molecule has 0 saturated carbocycles. The third-order valence-corrected chi connectivity index (χ3v) is 4.61. The molecule has 2 aliphatic heterocycles. The van der Waals surface area contributed by atoms with Crippen molar-refractivity contribution < 1.29 is 14.3 Å². The van der Waals surface area contributed by atoms with Gasteiger partial charge in [0.15, 0.2) is 0 Å². The smallest absolute Gasteiger partial charge is 0.317 e. The van der Waals surface area contributed by atoms with Gasteiger partial charge in [-0.05, 0) is 31.0 Å². The molecule has 2 heterocycles. The van der Waals surface area contributed by atoms with Gasteiger partial charge in [-0.2, -0.15) is 0 Å². The van der Waals surface area contributed by atoms with Crippen molar-refractivity contribution in [2.45, 2.75) is 37.8 Å². The van der Waals surface area contributed by atoms with E-state index in [0.717, 1.165) is 57.7 Å². The number of halogens is 1. The summed E-state index contributed by atoms with van der Waals surface area (Å²) in [6.07, 6.45) is 3.63. The minimum absolute atomic E-state index is 0.0399. The fraction of sp³-hybridized carbons (Fsp3) is 0.588.